The normalized spacial score (nSPS) is 24.0. The maximum Gasteiger partial charge on any atom is 0.237 e. The van der Waals surface area contributed by atoms with Gasteiger partial charge in [0, 0.05) is 13.1 Å². The average Bonchev–Trinajstić information content (AvgIpc) is 2.89. The summed E-state index contributed by atoms with van der Waals surface area (Å²) in [5, 5.41) is 2.91. The molecule has 1 fully saturated rings. The molecule has 0 aliphatic carbocycles. The third-order valence-corrected chi connectivity index (χ3v) is 4.39. The lowest BCUT2D eigenvalue weighted by Gasteiger charge is -2.26. The van der Waals surface area contributed by atoms with Crippen LogP contribution in [-0.4, -0.2) is 36.5 Å². The highest BCUT2D eigenvalue weighted by Gasteiger charge is 2.36. The number of hydrogen-bond donors (Lipinski definition) is 2. The van der Waals surface area contributed by atoms with E-state index in [2.05, 4.69) is 17.1 Å². The summed E-state index contributed by atoms with van der Waals surface area (Å²) in [5.41, 5.74) is 6.81. The maximum absolute atomic E-state index is 12.8. The zero-order valence-electron chi connectivity index (χ0n) is 12.7. The van der Waals surface area contributed by atoms with Gasteiger partial charge >= 0.3 is 0 Å². The number of nitrogens with zero attached hydrogens (tertiary/aromatic N) is 1. The summed E-state index contributed by atoms with van der Waals surface area (Å²) in [5.74, 6) is -0.267. The summed E-state index contributed by atoms with van der Waals surface area (Å²) in [4.78, 5) is 14.4. The standard InChI is InChI=1S/C16H24FN3O/c1-12(20-8-7-16(2,10-18)11-20)15(21)19-9-13-3-5-14(17)6-4-13/h3-6,12H,7-11,18H2,1-2H3,(H,19,21). The van der Waals surface area contributed by atoms with E-state index in [-0.39, 0.29) is 23.2 Å². The number of nitrogens with two attached hydrogens (primary N) is 1. The van der Waals surface area contributed by atoms with E-state index in [9.17, 15) is 9.18 Å². The van der Waals surface area contributed by atoms with Gasteiger partial charge in [-0.05, 0) is 49.5 Å². The van der Waals surface area contributed by atoms with Crippen LogP contribution in [0.25, 0.3) is 0 Å². The van der Waals surface area contributed by atoms with E-state index >= 15 is 0 Å². The fourth-order valence-electron chi connectivity index (χ4n) is 2.66. The van der Waals surface area contributed by atoms with Gasteiger partial charge in [-0.25, -0.2) is 4.39 Å². The Balaban J connectivity index is 1.84. The molecule has 116 valence electrons. The first kappa shape index (κ1) is 15.9. The summed E-state index contributed by atoms with van der Waals surface area (Å²) in [6, 6.07) is 6.00. The third kappa shape index (κ3) is 4.02. The van der Waals surface area contributed by atoms with Gasteiger partial charge in [0.05, 0.1) is 6.04 Å². The Morgan fingerprint density at radius 3 is 2.71 bits per heavy atom. The van der Waals surface area contributed by atoms with E-state index in [4.69, 9.17) is 5.73 Å². The Labute approximate surface area is 125 Å². The molecule has 2 rings (SSSR count). The zero-order chi connectivity index (χ0) is 15.5. The molecule has 1 aliphatic heterocycles. The lowest BCUT2D eigenvalue weighted by atomic mass is 9.90. The Morgan fingerprint density at radius 2 is 2.14 bits per heavy atom. The summed E-state index contributed by atoms with van der Waals surface area (Å²) in [6.45, 7) is 6.91. The zero-order valence-corrected chi connectivity index (χ0v) is 12.7. The number of benzene rings is 1. The number of hydrogen-bond acceptors (Lipinski definition) is 3. The van der Waals surface area contributed by atoms with Gasteiger partial charge in [0.15, 0.2) is 0 Å². The maximum atomic E-state index is 12.8. The highest BCUT2D eigenvalue weighted by Crippen LogP contribution is 2.29. The van der Waals surface area contributed by atoms with Gasteiger partial charge in [0.25, 0.3) is 0 Å². The second-order valence-corrected chi connectivity index (χ2v) is 6.26. The highest BCUT2D eigenvalue weighted by molar-refractivity contribution is 5.81. The minimum atomic E-state index is -0.267. The minimum absolute atomic E-state index is 0.000552. The van der Waals surface area contributed by atoms with E-state index in [1.54, 1.807) is 12.1 Å². The number of carbonyl (C=O) groups excluding carboxylic acids is 1. The fourth-order valence-corrected chi connectivity index (χ4v) is 2.66. The van der Waals surface area contributed by atoms with Crippen LogP contribution in [-0.2, 0) is 11.3 Å². The molecule has 0 spiro atoms. The Kier molecular flexibility index (Phi) is 4.96. The molecular formula is C16H24FN3O. The first-order valence-corrected chi connectivity index (χ1v) is 7.40. The van der Waals surface area contributed by atoms with E-state index in [1.807, 2.05) is 6.92 Å². The fraction of sp³-hybridized carbons (Fsp3) is 0.562. The molecule has 1 aromatic rings. The summed E-state index contributed by atoms with van der Waals surface area (Å²) < 4.78 is 12.8. The van der Waals surface area contributed by atoms with Crippen molar-refractivity contribution in [3.05, 3.63) is 35.6 Å². The molecule has 2 atom stereocenters. The van der Waals surface area contributed by atoms with Crippen molar-refractivity contribution in [3.63, 3.8) is 0 Å². The first-order chi connectivity index (χ1) is 9.93. The molecule has 1 aliphatic rings. The number of nitrogens with one attached hydrogen (secondary N) is 1. The second kappa shape index (κ2) is 6.54. The molecular weight excluding hydrogens is 269 g/mol. The van der Waals surface area contributed by atoms with Crippen molar-refractivity contribution in [1.29, 1.82) is 0 Å². The quantitative estimate of drug-likeness (QED) is 0.865. The van der Waals surface area contributed by atoms with Crippen LogP contribution in [0.2, 0.25) is 0 Å². The van der Waals surface area contributed by atoms with Crippen molar-refractivity contribution < 1.29 is 9.18 Å². The van der Waals surface area contributed by atoms with Crippen LogP contribution in [0, 0.1) is 11.2 Å². The molecule has 5 heteroatoms. The molecule has 0 saturated carbocycles. The van der Waals surface area contributed by atoms with Crippen molar-refractivity contribution >= 4 is 5.91 Å². The van der Waals surface area contributed by atoms with Crippen LogP contribution in [0.3, 0.4) is 0 Å². The van der Waals surface area contributed by atoms with Crippen molar-refractivity contribution in [2.45, 2.75) is 32.9 Å². The molecule has 0 bridgehead atoms. The third-order valence-electron chi connectivity index (χ3n) is 4.39. The summed E-state index contributed by atoms with van der Waals surface area (Å²) >= 11 is 0. The predicted octanol–water partition coefficient (Wildman–Crippen LogP) is 1.50. The van der Waals surface area contributed by atoms with Gasteiger partial charge in [-0.15, -0.1) is 0 Å². The molecule has 0 aromatic heterocycles. The van der Waals surface area contributed by atoms with E-state index < -0.39 is 0 Å². The average molecular weight is 293 g/mol. The summed E-state index contributed by atoms with van der Waals surface area (Å²) in [7, 11) is 0. The van der Waals surface area contributed by atoms with Crippen LogP contribution < -0.4 is 11.1 Å². The van der Waals surface area contributed by atoms with Gasteiger partial charge in [-0.1, -0.05) is 19.1 Å². The van der Waals surface area contributed by atoms with Crippen molar-refractivity contribution in [2.75, 3.05) is 19.6 Å². The smallest absolute Gasteiger partial charge is 0.237 e. The molecule has 0 radical (unpaired) electrons. The Bertz CT molecular complexity index is 491. The van der Waals surface area contributed by atoms with Crippen LogP contribution in [0.15, 0.2) is 24.3 Å². The van der Waals surface area contributed by atoms with Crippen molar-refractivity contribution in [2.24, 2.45) is 11.1 Å². The molecule has 2 unspecified atom stereocenters. The molecule has 21 heavy (non-hydrogen) atoms. The van der Waals surface area contributed by atoms with Gasteiger partial charge in [0.2, 0.25) is 5.91 Å². The van der Waals surface area contributed by atoms with E-state index in [1.165, 1.54) is 12.1 Å². The monoisotopic (exact) mass is 293 g/mol. The lowest BCUT2D eigenvalue weighted by molar-refractivity contribution is -0.125. The Morgan fingerprint density at radius 1 is 1.48 bits per heavy atom. The van der Waals surface area contributed by atoms with Gasteiger partial charge in [0.1, 0.15) is 5.82 Å². The summed E-state index contributed by atoms with van der Waals surface area (Å²) in [6.07, 6.45) is 1.03. The van der Waals surface area contributed by atoms with Gasteiger partial charge in [-0.2, -0.15) is 0 Å². The predicted molar refractivity (Wildman–Crippen MR) is 81.1 cm³/mol. The number of rotatable bonds is 5. The van der Waals surface area contributed by atoms with Gasteiger partial charge in [-0.3, -0.25) is 9.69 Å². The molecule has 1 aromatic carbocycles. The van der Waals surface area contributed by atoms with Crippen LogP contribution in [0.4, 0.5) is 4.39 Å². The number of likely N-dealkylation sites (tertiary alicyclic amines) is 1. The molecule has 3 N–H and O–H groups in total. The number of carbonyl (C=O) groups is 1. The molecule has 1 amide bonds. The van der Waals surface area contributed by atoms with Crippen molar-refractivity contribution in [3.8, 4) is 0 Å². The van der Waals surface area contributed by atoms with E-state index in [0.717, 1.165) is 25.1 Å². The molecule has 1 saturated heterocycles. The number of amides is 1. The molecule has 4 nitrogen and oxygen atoms in total. The lowest BCUT2D eigenvalue weighted by Crippen LogP contribution is -2.45. The topological polar surface area (TPSA) is 58.4 Å². The van der Waals surface area contributed by atoms with Crippen LogP contribution in [0.1, 0.15) is 25.8 Å². The first-order valence-electron chi connectivity index (χ1n) is 7.40. The van der Waals surface area contributed by atoms with Crippen LogP contribution >= 0.6 is 0 Å². The van der Waals surface area contributed by atoms with Crippen LogP contribution in [0.5, 0.6) is 0 Å². The molecule has 1 heterocycles. The second-order valence-electron chi connectivity index (χ2n) is 6.26. The Hall–Kier alpha value is -1.46. The number of halogens is 1. The SMILES string of the molecule is CC(C(=O)NCc1ccc(F)cc1)N1CCC(C)(CN)C1. The highest BCUT2D eigenvalue weighted by atomic mass is 19.1. The van der Waals surface area contributed by atoms with E-state index in [0.29, 0.717) is 13.1 Å². The van der Waals surface area contributed by atoms with Gasteiger partial charge < -0.3 is 11.1 Å². The minimum Gasteiger partial charge on any atom is -0.351 e. The van der Waals surface area contributed by atoms with Crippen molar-refractivity contribution in [1.82, 2.24) is 10.2 Å². The largest absolute Gasteiger partial charge is 0.351 e.